The zero-order chi connectivity index (χ0) is 11.4. The monoisotopic (exact) mass is 222 g/mol. The van der Waals surface area contributed by atoms with Crippen LogP contribution >= 0.6 is 0 Å². The predicted octanol–water partition coefficient (Wildman–Crippen LogP) is 1.69. The maximum Gasteiger partial charge on any atom is 0.137 e. The lowest BCUT2D eigenvalue weighted by Crippen LogP contribution is -2.43. The molecule has 0 bridgehead atoms. The van der Waals surface area contributed by atoms with E-state index < -0.39 is 0 Å². The average Bonchev–Trinajstić information content (AvgIpc) is 2.75. The van der Waals surface area contributed by atoms with E-state index in [0.717, 1.165) is 24.9 Å². The van der Waals surface area contributed by atoms with Crippen LogP contribution in [0.4, 0.5) is 0 Å². The van der Waals surface area contributed by atoms with Crippen LogP contribution in [0.2, 0.25) is 0 Å². The summed E-state index contributed by atoms with van der Waals surface area (Å²) in [4.78, 5) is 3.94. The van der Waals surface area contributed by atoms with E-state index in [9.17, 15) is 0 Å². The summed E-state index contributed by atoms with van der Waals surface area (Å²) in [6.07, 6.45) is 7.49. The summed E-state index contributed by atoms with van der Waals surface area (Å²) in [6, 6.07) is 0.678. The SMILES string of the molecule is CC1CCCC(C)C1NCCn1cncn1. The fraction of sp³-hybridized carbons (Fsp3) is 0.833. The third-order valence-electron chi connectivity index (χ3n) is 3.73. The van der Waals surface area contributed by atoms with Crippen molar-refractivity contribution in [2.24, 2.45) is 11.8 Å². The third-order valence-corrected chi connectivity index (χ3v) is 3.73. The second-order valence-corrected chi connectivity index (χ2v) is 5.02. The number of nitrogens with one attached hydrogen (secondary N) is 1. The van der Waals surface area contributed by atoms with Gasteiger partial charge in [0.15, 0.2) is 0 Å². The molecule has 90 valence electrons. The molecule has 1 fully saturated rings. The molecule has 2 atom stereocenters. The Bertz CT molecular complexity index is 286. The second kappa shape index (κ2) is 5.43. The summed E-state index contributed by atoms with van der Waals surface area (Å²) < 4.78 is 1.88. The zero-order valence-corrected chi connectivity index (χ0v) is 10.3. The average molecular weight is 222 g/mol. The molecular weight excluding hydrogens is 200 g/mol. The summed E-state index contributed by atoms with van der Waals surface area (Å²) in [5.74, 6) is 1.61. The minimum Gasteiger partial charge on any atom is -0.312 e. The van der Waals surface area contributed by atoms with Crippen molar-refractivity contribution in [1.82, 2.24) is 20.1 Å². The number of rotatable bonds is 4. The van der Waals surface area contributed by atoms with Crippen LogP contribution in [0.3, 0.4) is 0 Å². The Morgan fingerprint density at radius 2 is 2.06 bits per heavy atom. The highest BCUT2D eigenvalue weighted by atomic mass is 15.3. The van der Waals surface area contributed by atoms with Gasteiger partial charge in [0.25, 0.3) is 0 Å². The molecule has 2 unspecified atom stereocenters. The Hall–Kier alpha value is -0.900. The number of aromatic nitrogens is 3. The van der Waals surface area contributed by atoms with E-state index in [0.29, 0.717) is 6.04 Å². The molecule has 4 heteroatoms. The summed E-state index contributed by atoms with van der Waals surface area (Å²) in [7, 11) is 0. The first-order valence-electron chi connectivity index (χ1n) is 6.33. The van der Waals surface area contributed by atoms with E-state index in [1.807, 2.05) is 4.68 Å². The van der Waals surface area contributed by atoms with Gasteiger partial charge in [-0.1, -0.05) is 20.3 Å². The minimum atomic E-state index is 0.678. The van der Waals surface area contributed by atoms with Gasteiger partial charge in [0.05, 0.1) is 6.54 Å². The third kappa shape index (κ3) is 2.82. The van der Waals surface area contributed by atoms with Crippen molar-refractivity contribution in [2.75, 3.05) is 6.54 Å². The van der Waals surface area contributed by atoms with Crippen molar-refractivity contribution in [2.45, 2.75) is 45.7 Å². The van der Waals surface area contributed by atoms with Crippen molar-refractivity contribution in [1.29, 1.82) is 0 Å². The van der Waals surface area contributed by atoms with Gasteiger partial charge in [0, 0.05) is 12.6 Å². The van der Waals surface area contributed by atoms with Gasteiger partial charge >= 0.3 is 0 Å². The Morgan fingerprint density at radius 3 is 2.69 bits per heavy atom. The van der Waals surface area contributed by atoms with Gasteiger partial charge in [0.2, 0.25) is 0 Å². The lowest BCUT2D eigenvalue weighted by molar-refractivity contribution is 0.207. The molecule has 0 radical (unpaired) electrons. The van der Waals surface area contributed by atoms with E-state index in [1.165, 1.54) is 19.3 Å². The summed E-state index contributed by atoms with van der Waals surface area (Å²) in [5, 5.41) is 7.77. The van der Waals surface area contributed by atoms with Crippen LogP contribution in [0.1, 0.15) is 33.1 Å². The van der Waals surface area contributed by atoms with Crippen LogP contribution in [-0.2, 0) is 6.54 Å². The summed E-state index contributed by atoms with van der Waals surface area (Å²) >= 11 is 0. The van der Waals surface area contributed by atoms with E-state index in [2.05, 4.69) is 29.2 Å². The fourth-order valence-corrected chi connectivity index (χ4v) is 2.78. The van der Waals surface area contributed by atoms with Gasteiger partial charge in [-0.15, -0.1) is 0 Å². The predicted molar refractivity (Wildman–Crippen MR) is 64.0 cm³/mol. The Kier molecular flexibility index (Phi) is 3.93. The first kappa shape index (κ1) is 11.6. The molecule has 1 aliphatic rings. The molecule has 1 aliphatic carbocycles. The number of hydrogen-bond acceptors (Lipinski definition) is 3. The van der Waals surface area contributed by atoms with Crippen molar-refractivity contribution in [3.8, 4) is 0 Å². The van der Waals surface area contributed by atoms with Crippen molar-refractivity contribution in [3.63, 3.8) is 0 Å². The van der Waals surface area contributed by atoms with Crippen LogP contribution in [0.5, 0.6) is 0 Å². The van der Waals surface area contributed by atoms with Gasteiger partial charge in [-0.3, -0.25) is 4.68 Å². The van der Waals surface area contributed by atoms with Crippen LogP contribution < -0.4 is 5.32 Å². The minimum absolute atomic E-state index is 0.678. The Morgan fingerprint density at radius 1 is 1.31 bits per heavy atom. The summed E-state index contributed by atoms with van der Waals surface area (Å²) in [5.41, 5.74) is 0. The van der Waals surface area contributed by atoms with Crippen molar-refractivity contribution < 1.29 is 0 Å². The quantitative estimate of drug-likeness (QED) is 0.843. The highest BCUT2D eigenvalue weighted by Gasteiger charge is 2.26. The van der Waals surface area contributed by atoms with E-state index >= 15 is 0 Å². The van der Waals surface area contributed by atoms with Crippen LogP contribution in [0, 0.1) is 11.8 Å². The smallest absolute Gasteiger partial charge is 0.137 e. The maximum absolute atomic E-state index is 4.10. The molecule has 0 aliphatic heterocycles. The molecule has 1 N–H and O–H groups in total. The highest BCUT2D eigenvalue weighted by Crippen LogP contribution is 2.28. The lowest BCUT2D eigenvalue weighted by Gasteiger charge is -2.35. The van der Waals surface area contributed by atoms with E-state index in [1.54, 1.807) is 12.7 Å². The molecule has 1 aromatic rings. The summed E-state index contributed by atoms with van der Waals surface area (Å²) in [6.45, 7) is 6.63. The van der Waals surface area contributed by atoms with E-state index in [-0.39, 0.29) is 0 Å². The Balaban J connectivity index is 1.75. The normalized spacial score (nSPS) is 30.5. The molecule has 1 aromatic heterocycles. The second-order valence-electron chi connectivity index (χ2n) is 5.02. The van der Waals surface area contributed by atoms with Crippen LogP contribution in [-0.4, -0.2) is 27.4 Å². The number of nitrogens with zero attached hydrogens (tertiary/aromatic N) is 3. The van der Waals surface area contributed by atoms with Crippen LogP contribution in [0.15, 0.2) is 12.7 Å². The largest absolute Gasteiger partial charge is 0.312 e. The molecular formula is C12H22N4. The molecule has 0 spiro atoms. The molecule has 1 saturated carbocycles. The zero-order valence-electron chi connectivity index (χ0n) is 10.3. The molecule has 4 nitrogen and oxygen atoms in total. The molecule has 0 saturated heterocycles. The van der Waals surface area contributed by atoms with Crippen LogP contribution in [0.25, 0.3) is 0 Å². The fourth-order valence-electron chi connectivity index (χ4n) is 2.78. The topological polar surface area (TPSA) is 42.7 Å². The van der Waals surface area contributed by atoms with Gasteiger partial charge in [0.1, 0.15) is 12.7 Å². The van der Waals surface area contributed by atoms with Crippen molar-refractivity contribution >= 4 is 0 Å². The molecule has 2 rings (SSSR count). The molecule has 0 amide bonds. The highest BCUT2D eigenvalue weighted by molar-refractivity contribution is 4.83. The van der Waals surface area contributed by atoms with Gasteiger partial charge in [-0.05, 0) is 24.7 Å². The van der Waals surface area contributed by atoms with E-state index in [4.69, 9.17) is 0 Å². The standard InChI is InChI=1S/C12H22N4/c1-10-4-3-5-11(2)12(10)14-6-7-16-9-13-8-15-16/h8-12,14H,3-7H2,1-2H3. The molecule has 1 heterocycles. The first-order valence-corrected chi connectivity index (χ1v) is 6.33. The molecule has 0 aromatic carbocycles. The van der Waals surface area contributed by atoms with Gasteiger partial charge < -0.3 is 5.32 Å². The molecule has 16 heavy (non-hydrogen) atoms. The van der Waals surface area contributed by atoms with Crippen molar-refractivity contribution in [3.05, 3.63) is 12.7 Å². The number of hydrogen-bond donors (Lipinski definition) is 1. The maximum atomic E-state index is 4.10. The lowest BCUT2D eigenvalue weighted by atomic mass is 9.79. The Labute approximate surface area is 97.5 Å². The van der Waals surface area contributed by atoms with Gasteiger partial charge in [-0.25, -0.2) is 4.98 Å². The van der Waals surface area contributed by atoms with Gasteiger partial charge in [-0.2, -0.15) is 5.10 Å². The first-order chi connectivity index (χ1) is 7.77.